The normalized spacial score (nSPS) is 15.8. The molecule has 1 aromatic heterocycles. The molecule has 0 radical (unpaired) electrons. The fourth-order valence-corrected chi connectivity index (χ4v) is 7.52. The molecule has 8 aromatic rings. The molecule has 0 spiro atoms. The van der Waals surface area contributed by atoms with E-state index in [0.717, 1.165) is 56.0 Å². The molecule has 51 heavy (non-hydrogen) atoms. The molecule has 0 amide bonds. The van der Waals surface area contributed by atoms with Gasteiger partial charge in [-0.2, -0.15) is 0 Å². The summed E-state index contributed by atoms with van der Waals surface area (Å²) in [6.45, 7) is 0. The lowest BCUT2D eigenvalue weighted by molar-refractivity contribution is 0.260. The van der Waals surface area contributed by atoms with Gasteiger partial charge in [0.2, 0.25) is 0 Å². The number of hydrogen-bond acceptors (Lipinski definition) is 4. The van der Waals surface area contributed by atoms with Crippen LogP contribution in [0, 0.1) is 0 Å². The molecule has 10 rings (SSSR count). The smallest absolute Gasteiger partial charge is 0.196 e. The Hall–Kier alpha value is -6.65. The van der Waals surface area contributed by atoms with Gasteiger partial charge in [-0.1, -0.05) is 158 Å². The van der Waals surface area contributed by atoms with Crippen LogP contribution in [-0.4, -0.2) is 4.98 Å². The van der Waals surface area contributed by atoms with Gasteiger partial charge in [0.05, 0.1) is 28.6 Å². The van der Waals surface area contributed by atoms with Crippen molar-refractivity contribution >= 4 is 39.1 Å². The zero-order valence-corrected chi connectivity index (χ0v) is 27.8. The molecule has 4 heteroatoms. The van der Waals surface area contributed by atoms with Crippen molar-refractivity contribution in [2.24, 2.45) is 0 Å². The van der Waals surface area contributed by atoms with Gasteiger partial charge in [-0.25, -0.2) is 4.98 Å². The summed E-state index contributed by atoms with van der Waals surface area (Å²) in [6, 6.07) is 57.9. The van der Waals surface area contributed by atoms with Gasteiger partial charge in [0.15, 0.2) is 6.23 Å². The van der Waals surface area contributed by atoms with E-state index in [2.05, 4.69) is 162 Å². The Balaban J connectivity index is 0.942. The first kappa shape index (κ1) is 29.3. The monoisotopic (exact) mass is 655 g/mol. The van der Waals surface area contributed by atoms with Crippen LogP contribution in [0.15, 0.2) is 170 Å². The second-order valence-corrected chi connectivity index (χ2v) is 13.2. The van der Waals surface area contributed by atoms with Crippen molar-refractivity contribution in [2.45, 2.75) is 12.3 Å². The minimum atomic E-state index is -0.184. The Morgan fingerprint density at radius 2 is 1.22 bits per heavy atom. The largest absolute Gasteiger partial charge is 0.464 e. The van der Waals surface area contributed by atoms with Gasteiger partial charge in [-0.15, -0.1) is 0 Å². The van der Waals surface area contributed by atoms with Crippen molar-refractivity contribution in [2.75, 3.05) is 10.6 Å². The molecule has 0 fully saturated rings. The lowest BCUT2D eigenvalue weighted by Crippen LogP contribution is -2.13. The minimum Gasteiger partial charge on any atom is -0.464 e. The van der Waals surface area contributed by atoms with E-state index < -0.39 is 0 Å². The molecule has 2 aliphatic heterocycles. The summed E-state index contributed by atoms with van der Waals surface area (Å²) in [5.41, 5.74) is 13.4. The van der Waals surface area contributed by atoms with E-state index in [-0.39, 0.29) is 12.3 Å². The van der Waals surface area contributed by atoms with E-state index in [0.29, 0.717) is 0 Å². The van der Waals surface area contributed by atoms with Crippen LogP contribution in [0.25, 0.3) is 61.3 Å². The van der Waals surface area contributed by atoms with E-state index in [9.17, 15) is 0 Å². The number of pyridine rings is 1. The molecule has 0 saturated carbocycles. The van der Waals surface area contributed by atoms with Crippen molar-refractivity contribution in [3.05, 3.63) is 187 Å². The molecule has 0 saturated heterocycles. The molecule has 2 N–H and O–H groups in total. The molecule has 2 unspecified atom stereocenters. The number of benzene rings is 7. The predicted octanol–water partition coefficient (Wildman–Crippen LogP) is 12.1. The Bertz CT molecular complexity index is 2610. The SMILES string of the molecule is C1=CC(c2ccc(-c3ccc(-c4ccc5c(c4)NC(c4ccccc4)O5)c4ccccc34)cc2)Nc2c1ccc1ccc(-c3ccccc3)nc21. The van der Waals surface area contributed by atoms with Crippen molar-refractivity contribution in [1.29, 1.82) is 0 Å². The van der Waals surface area contributed by atoms with Crippen molar-refractivity contribution < 1.29 is 4.74 Å². The third-order valence-electron chi connectivity index (χ3n) is 10.2. The topological polar surface area (TPSA) is 46.2 Å². The Morgan fingerprint density at radius 3 is 2.00 bits per heavy atom. The summed E-state index contributed by atoms with van der Waals surface area (Å²) in [7, 11) is 0. The fraction of sp³-hybridized carbons (Fsp3) is 0.0426. The maximum Gasteiger partial charge on any atom is 0.196 e. The molecule has 242 valence electrons. The maximum atomic E-state index is 6.24. The highest BCUT2D eigenvalue weighted by atomic mass is 16.5. The zero-order chi connectivity index (χ0) is 33.7. The van der Waals surface area contributed by atoms with Crippen molar-refractivity contribution in [3.8, 4) is 39.3 Å². The van der Waals surface area contributed by atoms with E-state index in [4.69, 9.17) is 9.72 Å². The van der Waals surface area contributed by atoms with Gasteiger partial charge >= 0.3 is 0 Å². The third-order valence-corrected chi connectivity index (χ3v) is 10.2. The van der Waals surface area contributed by atoms with Gasteiger partial charge in [0.25, 0.3) is 0 Å². The lowest BCUT2D eigenvalue weighted by Gasteiger charge is -2.24. The summed E-state index contributed by atoms with van der Waals surface area (Å²) in [5, 5.41) is 11.0. The molecule has 7 aromatic carbocycles. The first-order valence-corrected chi connectivity index (χ1v) is 17.4. The summed E-state index contributed by atoms with van der Waals surface area (Å²) >= 11 is 0. The maximum absolute atomic E-state index is 6.24. The van der Waals surface area contributed by atoms with Crippen LogP contribution in [0.2, 0.25) is 0 Å². The summed E-state index contributed by atoms with van der Waals surface area (Å²) in [6.07, 6.45) is 4.28. The highest BCUT2D eigenvalue weighted by molar-refractivity contribution is 6.05. The highest BCUT2D eigenvalue weighted by Crippen LogP contribution is 2.43. The average Bonchev–Trinajstić information content (AvgIpc) is 3.65. The Morgan fingerprint density at radius 1 is 0.529 bits per heavy atom. The Kier molecular flexibility index (Phi) is 6.91. The van der Waals surface area contributed by atoms with Crippen molar-refractivity contribution in [1.82, 2.24) is 4.98 Å². The standard InChI is InChI=1S/C47H33N3O/c1-3-9-31(10-4-1)41-26-21-33-19-20-34-22-27-42(49-46(34)45(33)48-41)32-17-15-30(16-18-32)37-24-25-38(40-14-8-7-13-39(37)40)36-23-28-44-43(29-36)50-47(51-44)35-11-5-2-6-12-35/h1-29,42,47,49-50H. The van der Waals surface area contributed by atoms with Crippen LogP contribution < -0.4 is 15.4 Å². The zero-order valence-electron chi connectivity index (χ0n) is 27.8. The molecular formula is C47H33N3O. The highest BCUT2D eigenvalue weighted by Gasteiger charge is 2.24. The van der Waals surface area contributed by atoms with Crippen LogP contribution in [0.1, 0.15) is 29.0 Å². The Labute approximate surface area is 296 Å². The van der Waals surface area contributed by atoms with Gasteiger partial charge in [0.1, 0.15) is 5.75 Å². The molecule has 4 nitrogen and oxygen atoms in total. The number of aromatic nitrogens is 1. The van der Waals surface area contributed by atoms with Crippen LogP contribution in [0.4, 0.5) is 11.4 Å². The van der Waals surface area contributed by atoms with E-state index >= 15 is 0 Å². The number of nitrogens with zero attached hydrogens (tertiary/aromatic N) is 1. The second kappa shape index (κ2) is 12.0. The van der Waals surface area contributed by atoms with E-state index in [1.54, 1.807) is 0 Å². The molecule has 0 aliphatic carbocycles. The van der Waals surface area contributed by atoms with Crippen molar-refractivity contribution in [3.63, 3.8) is 0 Å². The number of nitrogens with one attached hydrogen (secondary N) is 2. The molecular weight excluding hydrogens is 623 g/mol. The number of ether oxygens (including phenoxy) is 1. The number of fused-ring (bicyclic) bond motifs is 5. The van der Waals surface area contributed by atoms with E-state index in [1.165, 1.54) is 33.0 Å². The molecule has 2 aliphatic rings. The van der Waals surface area contributed by atoms with E-state index in [1.807, 2.05) is 24.3 Å². The van der Waals surface area contributed by atoms with Crippen LogP contribution >= 0.6 is 0 Å². The van der Waals surface area contributed by atoms with Gasteiger partial charge in [-0.05, 0) is 62.4 Å². The number of hydrogen-bond donors (Lipinski definition) is 2. The summed E-state index contributed by atoms with van der Waals surface area (Å²) in [5.74, 6) is 0.876. The molecule has 3 heterocycles. The van der Waals surface area contributed by atoms with Gasteiger partial charge in [-0.3, -0.25) is 0 Å². The number of rotatable bonds is 5. The summed E-state index contributed by atoms with van der Waals surface area (Å²) < 4.78 is 6.24. The van der Waals surface area contributed by atoms with Gasteiger partial charge in [0, 0.05) is 16.5 Å². The van der Waals surface area contributed by atoms with Crippen LogP contribution in [0.5, 0.6) is 5.75 Å². The second-order valence-electron chi connectivity index (χ2n) is 13.2. The van der Waals surface area contributed by atoms with Crippen LogP contribution in [0.3, 0.4) is 0 Å². The van der Waals surface area contributed by atoms with Gasteiger partial charge < -0.3 is 15.4 Å². The predicted molar refractivity (Wildman–Crippen MR) is 211 cm³/mol. The average molecular weight is 656 g/mol. The minimum absolute atomic E-state index is 0.0392. The molecule has 2 atom stereocenters. The fourth-order valence-electron chi connectivity index (χ4n) is 7.52. The third kappa shape index (κ3) is 5.20. The quantitative estimate of drug-likeness (QED) is 0.194. The molecule has 0 bridgehead atoms. The number of anilines is 2. The lowest BCUT2D eigenvalue weighted by atomic mass is 9.91. The summed E-state index contributed by atoms with van der Waals surface area (Å²) in [4.78, 5) is 5.13. The first-order valence-electron chi connectivity index (χ1n) is 17.4. The van der Waals surface area contributed by atoms with Crippen LogP contribution in [-0.2, 0) is 0 Å². The first-order chi connectivity index (χ1) is 25.2.